The summed E-state index contributed by atoms with van der Waals surface area (Å²) in [6.07, 6.45) is 4.11. The number of benzene rings is 1. The lowest BCUT2D eigenvalue weighted by molar-refractivity contribution is -0.134. The fourth-order valence-corrected chi connectivity index (χ4v) is 3.97. The second kappa shape index (κ2) is 8.23. The normalized spacial score (nSPS) is 26.8. The quantitative estimate of drug-likeness (QED) is 0.673. The van der Waals surface area contributed by atoms with Gasteiger partial charge in [-0.25, -0.2) is 9.59 Å². The summed E-state index contributed by atoms with van der Waals surface area (Å²) < 4.78 is 0. The zero-order valence-electron chi connectivity index (χ0n) is 17.1. The first-order valence-corrected chi connectivity index (χ1v) is 10.0. The molecule has 1 heterocycles. The molecular weight excluding hydrogens is 372 g/mol. The van der Waals surface area contributed by atoms with E-state index in [4.69, 9.17) is 0 Å². The van der Waals surface area contributed by atoms with Gasteiger partial charge in [0.05, 0.1) is 0 Å². The van der Waals surface area contributed by atoms with Gasteiger partial charge in [-0.1, -0.05) is 49.6 Å². The Morgan fingerprint density at radius 3 is 2.48 bits per heavy atom. The van der Waals surface area contributed by atoms with E-state index >= 15 is 0 Å². The van der Waals surface area contributed by atoms with E-state index in [2.05, 4.69) is 22.9 Å². The third kappa shape index (κ3) is 4.41. The highest BCUT2D eigenvalue weighted by Crippen LogP contribution is 2.29. The first-order chi connectivity index (χ1) is 13.7. The summed E-state index contributed by atoms with van der Waals surface area (Å²) in [4.78, 5) is 50.4. The molecule has 2 fully saturated rings. The molecule has 8 heteroatoms. The van der Waals surface area contributed by atoms with Gasteiger partial charge in [0, 0.05) is 6.04 Å². The van der Waals surface area contributed by atoms with Crippen molar-refractivity contribution in [3.8, 4) is 0 Å². The van der Waals surface area contributed by atoms with Gasteiger partial charge in [0.15, 0.2) is 0 Å². The molecule has 156 valence electrons. The molecule has 1 aliphatic carbocycles. The van der Waals surface area contributed by atoms with E-state index in [0.29, 0.717) is 11.5 Å². The molecule has 0 bridgehead atoms. The zero-order valence-corrected chi connectivity index (χ0v) is 17.1. The summed E-state index contributed by atoms with van der Waals surface area (Å²) in [5, 5.41) is 7.70. The van der Waals surface area contributed by atoms with E-state index in [1.807, 2.05) is 19.1 Å². The number of rotatable bonds is 4. The molecule has 1 aromatic rings. The Hall–Kier alpha value is -2.90. The fourth-order valence-electron chi connectivity index (χ4n) is 3.97. The fraction of sp³-hybridized carbons (Fsp3) is 0.524. The van der Waals surface area contributed by atoms with E-state index in [-0.39, 0.29) is 6.04 Å². The predicted octanol–water partition coefficient (Wildman–Crippen LogP) is 2.17. The van der Waals surface area contributed by atoms with Crippen LogP contribution in [0, 0.1) is 12.8 Å². The van der Waals surface area contributed by atoms with Crippen LogP contribution in [-0.2, 0) is 15.1 Å². The van der Waals surface area contributed by atoms with Crippen molar-refractivity contribution in [1.29, 1.82) is 0 Å². The highest BCUT2D eigenvalue weighted by molar-refractivity contribution is 6.10. The largest absolute Gasteiger partial charge is 0.335 e. The lowest BCUT2D eigenvalue weighted by Gasteiger charge is -2.29. The van der Waals surface area contributed by atoms with Crippen LogP contribution >= 0.6 is 0 Å². The number of urea groups is 2. The highest BCUT2D eigenvalue weighted by atomic mass is 16.2. The molecule has 3 N–H and O–H groups in total. The van der Waals surface area contributed by atoms with Gasteiger partial charge in [0.1, 0.15) is 12.1 Å². The number of aryl methyl sites for hydroxylation is 1. The summed E-state index contributed by atoms with van der Waals surface area (Å²) in [7, 11) is 0. The monoisotopic (exact) mass is 400 g/mol. The SMILES string of the molecule is Cc1ccc([C@]2(C)NC(=O)N(CC(=O)NC(=O)N[C@H]3CCCC[C@H]3C)C2=O)cc1. The molecular formula is C21H28N4O4. The molecule has 3 rings (SSSR count). The number of nitrogens with one attached hydrogen (secondary N) is 3. The summed E-state index contributed by atoms with van der Waals surface area (Å²) in [6, 6.07) is 6.03. The summed E-state index contributed by atoms with van der Waals surface area (Å²) >= 11 is 0. The molecule has 29 heavy (non-hydrogen) atoms. The van der Waals surface area contributed by atoms with E-state index in [9.17, 15) is 19.2 Å². The van der Waals surface area contributed by atoms with Gasteiger partial charge >= 0.3 is 12.1 Å². The van der Waals surface area contributed by atoms with E-state index < -0.39 is 36.0 Å². The van der Waals surface area contributed by atoms with Crippen LogP contribution in [0.15, 0.2) is 24.3 Å². The third-order valence-electron chi connectivity index (χ3n) is 5.89. The van der Waals surface area contributed by atoms with Gasteiger partial charge in [0.25, 0.3) is 5.91 Å². The molecule has 0 radical (unpaired) electrons. The van der Waals surface area contributed by atoms with E-state index in [1.54, 1.807) is 19.1 Å². The van der Waals surface area contributed by atoms with Crippen LogP contribution in [0.4, 0.5) is 9.59 Å². The first-order valence-electron chi connectivity index (χ1n) is 10.0. The number of hydrogen-bond donors (Lipinski definition) is 3. The molecule has 0 aromatic heterocycles. The van der Waals surface area contributed by atoms with Gasteiger partial charge in [-0.15, -0.1) is 0 Å². The lowest BCUT2D eigenvalue weighted by atomic mass is 9.86. The summed E-state index contributed by atoms with van der Waals surface area (Å²) in [5.41, 5.74) is 0.419. The standard InChI is InChI=1S/C21H28N4O4/c1-13-8-10-15(11-9-13)21(3)18(27)25(20(29)24-21)12-17(26)23-19(28)22-16-7-5-4-6-14(16)2/h8-11,14,16H,4-7,12H2,1-3H3,(H,24,29)(H2,22,23,26,28)/t14-,16+,21+/m1/s1. The molecule has 8 nitrogen and oxygen atoms in total. The zero-order chi connectivity index (χ0) is 21.2. The van der Waals surface area contributed by atoms with Crippen molar-refractivity contribution in [2.24, 2.45) is 5.92 Å². The van der Waals surface area contributed by atoms with Gasteiger partial charge < -0.3 is 10.6 Å². The van der Waals surface area contributed by atoms with Crippen molar-refractivity contribution in [3.63, 3.8) is 0 Å². The number of nitrogens with zero attached hydrogens (tertiary/aromatic N) is 1. The number of amides is 6. The summed E-state index contributed by atoms with van der Waals surface area (Å²) in [6.45, 7) is 5.09. The number of carbonyl (C=O) groups excluding carboxylic acids is 4. The minimum Gasteiger partial charge on any atom is -0.335 e. The maximum atomic E-state index is 12.9. The molecule has 0 unspecified atom stereocenters. The maximum Gasteiger partial charge on any atom is 0.325 e. The Balaban J connectivity index is 1.60. The van der Waals surface area contributed by atoms with Crippen molar-refractivity contribution in [2.75, 3.05) is 6.54 Å². The lowest BCUT2D eigenvalue weighted by Crippen LogP contribution is -2.50. The molecule has 1 saturated heterocycles. The van der Waals surface area contributed by atoms with Crippen molar-refractivity contribution in [1.82, 2.24) is 20.9 Å². The number of hydrogen-bond acceptors (Lipinski definition) is 4. The van der Waals surface area contributed by atoms with Crippen LogP contribution in [0.25, 0.3) is 0 Å². The van der Waals surface area contributed by atoms with Crippen molar-refractivity contribution >= 4 is 23.9 Å². The Morgan fingerprint density at radius 1 is 1.17 bits per heavy atom. The van der Waals surface area contributed by atoms with Crippen LogP contribution in [0.1, 0.15) is 50.7 Å². The molecule has 3 atom stereocenters. The Morgan fingerprint density at radius 2 is 1.83 bits per heavy atom. The van der Waals surface area contributed by atoms with E-state index in [1.165, 1.54) is 0 Å². The van der Waals surface area contributed by atoms with Gasteiger partial charge in [0.2, 0.25) is 5.91 Å². The predicted molar refractivity (Wildman–Crippen MR) is 107 cm³/mol. The Kier molecular flexibility index (Phi) is 5.91. The highest BCUT2D eigenvalue weighted by Gasteiger charge is 2.49. The second-order valence-electron chi connectivity index (χ2n) is 8.20. The molecule has 1 aliphatic heterocycles. The van der Waals surface area contributed by atoms with Crippen LogP contribution < -0.4 is 16.0 Å². The molecule has 2 aliphatic rings. The number of imide groups is 2. The molecule has 1 saturated carbocycles. The average molecular weight is 400 g/mol. The van der Waals surface area contributed by atoms with Crippen LogP contribution in [-0.4, -0.2) is 41.4 Å². The molecule has 0 spiro atoms. The molecule has 1 aromatic carbocycles. The summed E-state index contributed by atoms with van der Waals surface area (Å²) in [5.74, 6) is -0.879. The number of carbonyl (C=O) groups is 4. The minimum atomic E-state index is -1.25. The van der Waals surface area contributed by atoms with Crippen molar-refractivity contribution < 1.29 is 19.2 Å². The van der Waals surface area contributed by atoms with Crippen molar-refractivity contribution in [2.45, 2.75) is 58.0 Å². The third-order valence-corrected chi connectivity index (χ3v) is 5.89. The van der Waals surface area contributed by atoms with Gasteiger partial charge in [-0.3, -0.25) is 19.8 Å². The van der Waals surface area contributed by atoms with Crippen LogP contribution in [0.5, 0.6) is 0 Å². The molecule has 6 amide bonds. The Bertz CT molecular complexity index is 822. The van der Waals surface area contributed by atoms with Crippen LogP contribution in [0.2, 0.25) is 0 Å². The van der Waals surface area contributed by atoms with Crippen molar-refractivity contribution in [3.05, 3.63) is 35.4 Å². The Labute approximate surface area is 170 Å². The average Bonchev–Trinajstić information content (AvgIpc) is 2.88. The van der Waals surface area contributed by atoms with Gasteiger partial charge in [-0.2, -0.15) is 0 Å². The maximum absolute atomic E-state index is 12.9. The smallest absolute Gasteiger partial charge is 0.325 e. The second-order valence-corrected chi connectivity index (χ2v) is 8.20. The topological polar surface area (TPSA) is 108 Å². The first kappa shape index (κ1) is 20.8. The minimum absolute atomic E-state index is 0.0260. The van der Waals surface area contributed by atoms with Gasteiger partial charge in [-0.05, 0) is 38.2 Å². The van der Waals surface area contributed by atoms with Crippen LogP contribution in [0.3, 0.4) is 0 Å². The van der Waals surface area contributed by atoms with E-state index in [0.717, 1.165) is 36.1 Å².